The topological polar surface area (TPSA) is 38.7 Å². The highest BCUT2D eigenvalue weighted by atomic mass is 35.5. The van der Waals surface area contributed by atoms with Gasteiger partial charge in [0.1, 0.15) is 0 Å². The van der Waals surface area contributed by atoms with Gasteiger partial charge in [0.25, 0.3) is 0 Å². The zero-order valence-electron chi connectivity index (χ0n) is 17.0. The lowest BCUT2D eigenvalue weighted by molar-refractivity contribution is 1.06. The van der Waals surface area contributed by atoms with E-state index in [0.717, 1.165) is 11.3 Å². The number of halogens is 2. The second-order valence-electron chi connectivity index (χ2n) is 3.96. The van der Waals surface area contributed by atoms with Crippen molar-refractivity contribution in [2.24, 2.45) is 0 Å². The Kier molecular flexibility index (Phi) is 1.75. The molecule has 0 saturated heterocycles. The molecular formula is C15H7Cl2N3S. The summed E-state index contributed by atoms with van der Waals surface area (Å²) in [6, 6.07) is -2.26. The zero-order valence-corrected chi connectivity index (χ0v) is 12.3. The molecule has 2 aromatic carbocycles. The summed E-state index contributed by atoms with van der Waals surface area (Å²) in [5, 5.41) is -0.207. The minimum absolute atomic E-state index is 0.0782. The van der Waals surface area contributed by atoms with Gasteiger partial charge in [0, 0.05) is 25.7 Å². The van der Waals surface area contributed by atoms with E-state index in [4.69, 9.17) is 32.8 Å². The lowest BCUT2D eigenvalue weighted by Gasteiger charge is -2.01. The predicted octanol–water partition coefficient (Wildman–Crippen LogP) is 5.21. The van der Waals surface area contributed by atoms with E-state index in [-0.39, 0.29) is 72.3 Å². The average Bonchev–Trinajstić information content (AvgIpc) is 3.03. The van der Waals surface area contributed by atoms with E-state index in [1.807, 2.05) is 0 Å². The fourth-order valence-corrected chi connectivity index (χ4v) is 3.18. The molecule has 2 aromatic heterocycles. The minimum atomic E-state index is -0.435. The first kappa shape index (κ1) is 7.49. The highest BCUT2D eigenvalue weighted by Crippen LogP contribution is 2.35. The highest BCUT2D eigenvalue weighted by molar-refractivity contribution is 7.25. The molecule has 0 spiro atoms. The molecule has 0 unspecified atom stereocenters. The average molecular weight is 339 g/mol. The molecule has 0 aliphatic rings. The number of rotatable bonds is 1. The Balaban J connectivity index is 2.22. The molecule has 21 heavy (non-hydrogen) atoms. The molecule has 0 radical (unpaired) electrons. The third-order valence-corrected chi connectivity index (χ3v) is 4.05. The van der Waals surface area contributed by atoms with E-state index >= 15 is 0 Å². The van der Waals surface area contributed by atoms with Gasteiger partial charge in [-0.2, -0.15) is 15.0 Å². The Morgan fingerprint density at radius 1 is 0.857 bits per heavy atom. The van der Waals surface area contributed by atoms with E-state index < -0.39 is 12.1 Å². The Labute approximate surface area is 144 Å². The monoisotopic (exact) mass is 338 g/mol. The molecule has 2 heterocycles. The first-order chi connectivity index (χ1) is 13.1. The summed E-state index contributed by atoms with van der Waals surface area (Å²) < 4.78 is 57.8. The summed E-state index contributed by atoms with van der Waals surface area (Å²) in [5.74, 6) is -0.132. The van der Waals surface area contributed by atoms with Gasteiger partial charge in [-0.1, -0.05) is 30.2 Å². The van der Waals surface area contributed by atoms with Crippen LogP contribution in [0.5, 0.6) is 0 Å². The second-order valence-corrected chi connectivity index (χ2v) is 5.65. The van der Waals surface area contributed by atoms with Crippen LogP contribution >= 0.6 is 34.5 Å². The molecule has 4 aromatic rings. The molecule has 102 valence electrons. The molecular weight excluding hydrogens is 325 g/mol. The zero-order chi connectivity index (χ0) is 20.5. The SMILES string of the molecule is [2H]c1c([2H])c([2H])c2c(sc3c([2H])c(-c4nc(Cl)nc(Cl)n4)c([2H])c([2H])c32)c1[2H]. The van der Waals surface area contributed by atoms with E-state index in [9.17, 15) is 0 Å². The number of thiophene rings is 1. The maximum absolute atomic E-state index is 8.54. The molecule has 0 atom stereocenters. The van der Waals surface area contributed by atoms with Gasteiger partial charge in [-0.25, -0.2) is 0 Å². The third-order valence-electron chi connectivity index (χ3n) is 2.69. The fourth-order valence-electron chi connectivity index (χ4n) is 1.85. The molecule has 0 bridgehead atoms. The Hall–Kier alpha value is -1.75. The minimum Gasteiger partial charge on any atom is -0.198 e. The second kappa shape index (κ2) is 4.91. The van der Waals surface area contributed by atoms with Gasteiger partial charge in [-0.3, -0.25) is 0 Å². The van der Waals surface area contributed by atoms with Crippen LogP contribution in [-0.2, 0) is 0 Å². The van der Waals surface area contributed by atoms with Gasteiger partial charge >= 0.3 is 0 Å². The van der Waals surface area contributed by atoms with Crippen LogP contribution in [-0.4, -0.2) is 15.0 Å². The Morgan fingerprint density at radius 3 is 2.38 bits per heavy atom. The molecule has 0 aliphatic heterocycles. The third kappa shape index (κ3) is 2.25. The van der Waals surface area contributed by atoms with Crippen LogP contribution in [0.1, 0.15) is 9.60 Å². The summed E-state index contributed by atoms with van der Waals surface area (Å²) >= 11 is 12.6. The largest absolute Gasteiger partial charge is 0.227 e. The van der Waals surface area contributed by atoms with Crippen molar-refractivity contribution in [2.75, 3.05) is 0 Å². The summed E-state index contributed by atoms with van der Waals surface area (Å²) in [5.41, 5.74) is -0.0782. The van der Waals surface area contributed by atoms with Crippen molar-refractivity contribution >= 4 is 54.7 Å². The van der Waals surface area contributed by atoms with Crippen LogP contribution in [0.15, 0.2) is 42.3 Å². The van der Waals surface area contributed by atoms with Crippen LogP contribution in [0, 0.1) is 0 Å². The summed E-state index contributed by atoms with van der Waals surface area (Å²) in [7, 11) is 0. The lowest BCUT2D eigenvalue weighted by Crippen LogP contribution is -1.93. The van der Waals surface area contributed by atoms with Crippen LogP contribution in [0.2, 0.25) is 10.6 Å². The quantitative estimate of drug-likeness (QED) is 0.478. The van der Waals surface area contributed by atoms with Gasteiger partial charge in [0.2, 0.25) is 10.6 Å². The lowest BCUT2D eigenvalue weighted by atomic mass is 10.1. The maximum atomic E-state index is 8.54. The number of nitrogens with zero attached hydrogens (tertiary/aromatic N) is 3. The van der Waals surface area contributed by atoms with Crippen molar-refractivity contribution in [1.82, 2.24) is 15.0 Å². The molecule has 0 saturated carbocycles. The van der Waals surface area contributed by atoms with Gasteiger partial charge < -0.3 is 0 Å². The van der Waals surface area contributed by atoms with Crippen molar-refractivity contribution in [3.63, 3.8) is 0 Å². The van der Waals surface area contributed by atoms with Crippen molar-refractivity contribution in [3.8, 4) is 11.4 Å². The van der Waals surface area contributed by atoms with Crippen LogP contribution < -0.4 is 0 Å². The van der Waals surface area contributed by atoms with Crippen molar-refractivity contribution in [3.05, 3.63) is 52.9 Å². The number of fused-ring (bicyclic) bond motifs is 3. The molecule has 0 fully saturated rings. The molecule has 6 heteroatoms. The molecule has 4 rings (SSSR count). The van der Waals surface area contributed by atoms with E-state index in [1.54, 1.807) is 0 Å². The first-order valence-corrected chi connectivity index (χ1v) is 7.20. The standard InChI is InChI=1S/C15H7Cl2N3S/c16-14-18-13(19-15(17)20-14)8-5-6-10-9-3-1-2-4-11(9)21-12(10)7-8/h1-7H/i1D,2D,3D,4D,5D,6D,7D. The Morgan fingerprint density at radius 2 is 1.57 bits per heavy atom. The van der Waals surface area contributed by atoms with Crippen LogP contribution in [0.3, 0.4) is 0 Å². The summed E-state index contributed by atoms with van der Waals surface area (Å²) in [6.07, 6.45) is 0. The summed E-state index contributed by atoms with van der Waals surface area (Å²) in [6.45, 7) is 0. The van der Waals surface area contributed by atoms with Crippen molar-refractivity contribution in [1.29, 1.82) is 0 Å². The van der Waals surface area contributed by atoms with Gasteiger partial charge in [-0.05, 0) is 35.3 Å². The van der Waals surface area contributed by atoms with E-state index in [1.165, 1.54) is 0 Å². The van der Waals surface area contributed by atoms with Gasteiger partial charge in [0.15, 0.2) is 5.82 Å². The number of aromatic nitrogens is 3. The van der Waals surface area contributed by atoms with Gasteiger partial charge in [-0.15, -0.1) is 11.3 Å². The van der Waals surface area contributed by atoms with Crippen LogP contribution in [0.4, 0.5) is 0 Å². The first-order valence-electron chi connectivity index (χ1n) is 9.13. The van der Waals surface area contributed by atoms with E-state index in [0.29, 0.717) is 0 Å². The smallest absolute Gasteiger partial charge is 0.198 e. The number of hydrogen-bond donors (Lipinski definition) is 0. The van der Waals surface area contributed by atoms with Gasteiger partial charge in [0.05, 0.1) is 9.60 Å². The molecule has 3 nitrogen and oxygen atoms in total. The maximum Gasteiger partial charge on any atom is 0.227 e. The molecule has 0 amide bonds. The number of hydrogen-bond acceptors (Lipinski definition) is 4. The number of benzene rings is 2. The summed E-state index contributed by atoms with van der Waals surface area (Å²) in [4.78, 5) is 11.4. The molecule has 0 N–H and O–H groups in total. The normalized spacial score (nSPS) is 16.0. The van der Waals surface area contributed by atoms with Crippen LogP contribution in [0.25, 0.3) is 31.6 Å². The van der Waals surface area contributed by atoms with Crippen molar-refractivity contribution in [2.45, 2.75) is 0 Å². The highest BCUT2D eigenvalue weighted by Gasteiger charge is 2.09. The fraction of sp³-hybridized carbons (Fsp3) is 0. The van der Waals surface area contributed by atoms with E-state index in [2.05, 4.69) is 15.0 Å². The van der Waals surface area contributed by atoms with Crippen molar-refractivity contribution < 1.29 is 9.60 Å². The molecule has 0 aliphatic carbocycles. The Bertz CT molecular complexity index is 1310. The predicted molar refractivity (Wildman–Crippen MR) is 88.2 cm³/mol.